The molecule has 0 heterocycles. The standard InChI is InChI=1S/2C7H12O4.H2O/c2*1-5(4-7(10)11)2-3-6(8)9;/h2*5H,2-4H2,1H3,(H,8,9)(H,10,11);1H2/t2*5-;/m11./s1. The van der Waals surface area contributed by atoms with Crippen LogP contribution in [0.15, 0.2) is 0 Å². The van der Waals surface area contributed by atoms with Crippen molar-refractivity contribution in [1.29, 1.82) is 0 Å². The fraction of sp³-hybridized carbons (Fsp3) is 0.714. The molecule has 0 aromatic rings. The third-order valence-electron chi connectivity index (χ3n) is 2.75. The van der Waals surface area contributed by atoms with E-state index in [4.69, 9.17) is 20.4 Å². The zero-order valence-electron chi connectivity index (χ0n) is 13.3. The molecule has 136 valence electrons. The fourth-order valence-electron chi connectivity index (χ4n) is 1.54. The Balaban J connectivity index is -0.000000333. The average molecular weight is 338 g/mol. The van der Waals surface area contributed by atoms with Crippen LogP contribution < -0.4 is 0 Å². The molecule has 0 spiro atoms. The van der Waals surface area contributed by atoms with Crippen molar-refractivity contribution in [2.75, 3.05) is 0 Å². The van der Waals surface area contributed by atoms with Gasteiger partial charge in [0.1, 0.15) is 0 Å². The second-order valence-electron chi connectivity index (χ2n) is 5.27. The molecule has 9 nitrogen and oxygen atoms in total. The van der Waals surface area contributed by atoms with Crippen LogP contribution in [0.25, 0.3) is 0 Å². The number of aliphatic carboxylic acids is 4. The van der Waals surface area contributed by atoms with Gasteiger partial charge in [-0.1, -0.05) is 13.8 Å². The number of hydrogen-bond acceptors (Lipinski definition) is 4. The maximum atomic E-state index is 10.1. The highest BCUT2D eigenvalue weighted by Crippen LogP contribution is 2.10. The zero-order chi connectivity index (χ0) is 17.7. The molecule has 0 saturated heterocycles. The molecule has 0 rings (SSSR count). The van der Waals surface area contributed by atoms with Gasteiger partial charge >= 0.3 is 23.9 Å². The quantitative estimate of drug-likeness (QED) is 0.456. The van der Waals surface area contributed by atoms with Crippen molar-refractivity contribution in [2.45, 2.75) is 52.4 Å². The van der Waals surface area contributed by atoms with E-state index in [2.05, 4.69) is 0 Å². The van der Waals surface area contributed by atoms with Gasteiger partial charge in [0, 0.05) is 25.7 Å². The molecule has 23 heavy (non-hydrogen) atoms. The van der Waals surface area contributed by atoms with Crippen LogP contribution in [0.4, 0.5) is 0 Å². The van der Waals surface area contributed by atoms with Crippen molar-refractivity contribution in [2.24, 2.45) is 11.8 Å². The van der Waals surface area contributed by atoms with Crippen LogP contribution in [-0.4, -0.2) is 49.8 Å². The molecule has 9 heteroatoms. The molecular weight excluding hydrogens is 312 g/mol. The Morgan fingerprint density at radius 2 is 0.913 bits per heavy atom. The summed E-state index contributed by atoms with van der Waals surface area (Å²) in [5.41, 5.74) is 0. The average Bonchev–Trinajstić information content (AvgIpc) is 2.33. The van der Waals surface area contributed by atoms with E-state index in [9.17, 15) is 19.2 Å². The van der Waals surface area contributed by atoms with Gasteiger partial charge in [-0.3, -0.25) is 19.2 Å². The van der Waals surface area contributed by atoms with Gasteiger partial charge in [0.25, 0.3) is 0 Å². The molecule has 0 amide bonds. The summed E-state index contributed by atoms with van der Waals surface area (Å²) >= 11 is 0. The summed E-state index contributed by atoms with van der Waals surface area (Å²) in [6.07, 6.45) is 1.06. The Hall–Kier alpha value is -2.16. The lowest BCUT2D eigenvalue weighted by atomic mass is 10.0. The van der Waals surface area contributed by atoms with E-state index in [1.165, 1.54) is 0 Å². The van der Waals surface area contributed by atoms with Gasteiger partial charge in [-0.05, 0) is 24.7 Å². The number of carbonyl (C=O) groups is 4. The van der Waals surface area contributed by atoms with Crippen molar-refractivity contribution >= 4 is 23.9 Å². The molecule has 0 aromatic carbocycles. The molecule has 0 fully saturated rings. The lowest BCUT2D eigenvalue weighted by Gasteiger charge is -2.04. The predicted molar refractivity (Wildman–Crippen MR) is 80.2 cm³/mol. The summed E-state index contributed by atoms with van der Waals surface area (Å²) in [7, 11) is 0. The Morgan fingerprint density at radius 3 is 1.09 bits per heavy atom. The first-order chi connectivity index (χ1) is 10.0. The van der Waals surface area contributed by atoms with Crippen molar-refractivity contribution in [3.05, 3.63) is 0 Å². The molecular formula is C14H26O9. The Bertz CT molecular complexity index is 342. The Labute approximate surface area is 134 Å². The maximum absolute atomic E-state index is 10.1. The van der Waals surface area contributed by atoms with E-state index < -0.39 is 23.9 Å². The third-order valence-corrected chi connectivity index (χ3v) is 2.75. The van der Waals surface area contributed by atoms with E-state index in [0.717, 1.165) is 0 Å². The molecule has 0 bridgehead atoms. The largest absolute Gasteiger partial charge is 0.481 e. The van der Waals surface area contributed by atoms with Gasteiger partial charge in [-0.2, -0.15) is 0 Å². The van der Waals surface area contributed by atoms with Crippen molar-refractivity contribution in [3.63, 3.8) is 0 Å². The summed E-state index contributed by atoms with van der Waals surface area (Å²) in [5.74, 6) is -3.59. The van der Waals surface area contributed by atoms with Gasteiger partial charge in [0.05, 0.1) is 0 Å². The molecule has 0 radical (unpaired) electrons. The second kappa shape index (κ2) is 14.8. The van der Waals surface area contributed by atoms with Gasteiger partial charge < -0.3 is 25.9 Å². The normalized spacial score (nSPS) is 11.9. The van der Waals surface area contributed by atoms with Gasteiger partial charge in [0.2, 0.25) is 0 Å². The summed E-state index contributed by atoms with van der Waals surface area (Å²) in [6, 6.07) is 0. The predicted octanol–water partition coefficient (Wildman–Crippen LogP) is 1.10. The SMILES string of the molecule is C[C@H](CCC(=O)O)CC(=O)O.C[C@H](CCC(=O)O)CC(=O)O.O. The minimum absolute atomic E-state index is 0. The molecule has 0 unspecified atom stereocenters. The minimum Gasteiger partial charge on any atom is -0.481 e. The first-order valence-electron chi connectivity index (χ1n) is 6.91. The van der Waals surface area contributed by atoms with Crippen molar-refractivity contribution < 1.29 is 45.1 Å². The Kier molecular flexibility index (Phi) is 16.5. The maximum Gasteiger partial charge on any atom is 0.303 e. The first-order valence-corrected chi connectivity index (χ1v) is 6.91. The summed E-state index contributed by atoms with van der Waals surface area (Å²) in [6.45, 7) is 3.47. The van der Waals surface area contributed by atoms with Crippen LogP contribution >= 0.6 is 0 Å². The van der Waals surface area contributed by atoms with Gasteiger partial charge in [-0.15, -0.1) is 0 Å². The van der Waals surface area contributed by atoms with Crippen molar-refractivity contribution in [3.8, 4) is 0 Å². The third kappa shape index (κ3) is 25.2. The van der Waals surface area contributed by atoms with Crippen molar-refractivity contribution in [1.82, 2.24) is 0 Å². The van der Waals surface area contributed by atoms with Gasteiger partial charge in [0.15, 0.2) is 0 Å². The lowest BCUT2D eigenvalue weighted by molar-refractivity contribution is -0.140. The van der Waals surface area contributed by atoms with Crippen LogP contribution in [-0.2, 0) is 19.2 Å². The monoisotopic (exact) mass is 338 g/mol. The second-order valence-corrected chi connectivity index (χ2v) is 5.27. The highest BCUT2D eigenvalue weighted by atomic mass is 16.4. The molecule has 0 saturated carbocycles. The zero-order valence-corrected chi connectivity index (χ0v) is 13.3. The topological polar surface area (TPSA) is 181 Å². The summed E-state index contributed by atoms with van der Waals surface area (Å²) in [5, 5.41) is 33.1. The van der Waals surface area contributed by atoms with Crippen LogP contribution in [0, 0.1) is 11.8 Å². The number of carboxylic acids is 4. The number of hydrogen-bond donors (Lipinski definition) is 4. The minimum atomic E-state index is -0.873. The molecule has 0 aliphatic heterocycles. The van der Waals surface area contributed by atoms with Crippen LogP contribution in [0.1, 0.15) is 52.4 Å². The summed E-state index contributed by atoms with van der Waals surface area (Å²) in [4.78, 5) is 40.3. The molecule has 0 aliphatic carbocycles. The first kappa shape index (κ1) is 25.8. The fourth-order valence-corrected chi connectivity index (χ4v) is 1.54. The molecule has 0 aliphatic rings. The van der Waals surface area contributed by atoms with Crippen LogP contribution in [0.2, 0.25) is 0 Å². The highest BCUT2D eigenvalue weighted by molar-refractivity contribution is 5.68. The van der Waals surface area contributed by atoms with E-state index in [1.54, 1.807) is 13.8 Å². The van der Waals surface area contributed by atoms with E-state index in [-0.39, 0.29) is 43.0 Å². The van der Waals surface area contributed by atoms with E-state index in [0.29, 0.717) is 12.8 Å². The molecule has 2 atom stereocenters. The van der Waals surface area contributed by atoms with Crippen LogP contribution in [0.3, 0.4) is 0 Å². The molecule has 0 aromatic heterocycles. The van der Waals surface area contributed by atoms with Crippen LogP contribution in [0.5, 0.6) is 0 Å². The number of rotatable bonds is 10. The summed E-state index contributed by atoms with van der Waals surface area (Å²) < 4.78 is 0. The van der Waals surface area contributed by atoms with E-state index in [1.807, 2.05) is 0 Å². The van der Waals surface area contributed by atoms with Gasteiger partial charge in [-0.25, -0.2) is 0 Å². The smallest absolute Gasteiger partial charge is 0.303 e. The lowest BCUT2D eigenvalue weighted by Crippen LogP contribution is -2.06. The highest BCUT2D eigenvalue weighted by Gasteiger charge is 2.09. The number of carboxylic acid groups (broad SMARTS) is 4. The Morgan fingerprint density at radius 1 is 0.652 bits per heavy atom. The molecule has 6 N–H and O–H groups in total. The van der Waals surface area contributed by atoms with E-state index >= 15 is 0 Å².